The quantitative estimate of drug-likeness (QED) is 0.509. The highest BCUT2D eigenvalue weighted by atomic mass is 32.2. The number of carbonyl (C=O) groups excluding carboxylic acids is 2. The lowest BCUT2D eigenvalue weighted by Crippen LogP contribution is -2.33. The Labute approximate surface area is 205 Å². The molecule has 4 rings (SSSR count). The molecule has 1 aliphatic heterocycles. The summed E-state index contributed by atoms with van der Waals surface area (Å²) in [6.07, 6.45) is 3.57. The lowest BCUT2D eigenvalue weighted by atomic mass is 9.93. The number of benzene rings is 3. The van der Waals surface area contributed by atoms with E-state index >= 15 is 0 Å². The Kier molecular flexibility index (Phi) is 6.75. The Morgan fingerprint density at radius 3 is 2.46 bits per heavy atom. The maximum Gasteiger partial charge on any atom is 0.262 e. The first-order chi connectivity index (χ1) is 16.6. The van der Waals surface area contributed by atoms with E-state index in [-0.39, 0.29) is 23.1 Å². The van der Waals surface area contributed by atoms with Crippen molar-refractivity contribution in [3.63, 3.8) is 0 Å². The molecule has 180 valence electrons. The van der Waals surface area contributed by atoms with Gasteiger partial charge in [0.25, 0.3) is 10.0 Å². The molecule has 8 heteroatoms. The van der Waals surface area contributed by atoms with Crippen LogP contribution in [0.4, 0.5) is 11.4 Å². The van der Waals surface area contributed by atoms with Crippen molar-refractivity contribution in [2.24, 2.45) is 0 Å². The van der Waals surface area contributed by atoms with Crippen LogP contribution in [0.3, 0.4) is 0 Å². The number of carbonyl (C=O) groups is 2. The third kappa shape index (κ3) is 5.44. The third-order valence-electron chi connectivity index (χ3n) is 5.88. The van der Waals surface area contributed by atoms with Crippen LogP contribution in [0.25, 0.3) is 6.08 Å². The van der Waals surface area contributed by atoms with Gasteiger partial charge in [-0.15, -0.1) is 0 Å². The fourth-order valence-electron chi connectivity index (χ4n) is 4.19. The summed E-state index contributed by atoms with van der Waals surface area (Å²) in [5.74, 6) is -0.496. The number of aryl methyl sites for hydroxylation is 2. The summed E-state index contributed by atoms with van der Waals surface area (Å²) in [4.78, 5) is 26.8. The molecule has 3 aromatic carbocycles. The maximum atomic E-state index is 13.1. The monoisotopic (exact) mass is 489 g/mol. The molecule has 7 nitrogen and oxygen atoms in total. The standard InChI is InChI=1S/C27H27N3O4S/c1-18-7-6-9-23(15-18)29-35(33,34)26-16-22(12-11-19(26)2)28-27(32)17-25-24-10-5-4-8-21(24)13-14-30(25)20(3)31/h4-16,25,29H,17H2,1-3H3,(H,28,32). The molecule has 1 unspecified atom stereocenters. The van der Waals surface area contributed by atoms with Crippen molar-refractivity contribution in [3.05, 3.63) is 95.2 Å². The van der Waals surface area contributed by atoms with Crippen molar-refractivity contribution >= 4 is 39.3 Å². The van der Waals surface area contributed by atoms with Gasteiger partial charge in [-0.25, -0.2) is 8.42 Å². The summed E-state index contributed by atoms with van der Waals surface area (Å²) in [7, 11) is -3.87. The maximum absolute atomic E-state index is 13.1. The van der Waals surface area contributed by atoms with E-state index in [9.17, 15) is 18.0 Å². The van der Waals surface area contributed by atoms with Crippen LogP contribution >= 0.6 is 0 Å². The van der Waals surface area contributed by atoms with Gasteiger partial charge in [-0.3, -0.25) is 14.3 Å². The molecule has 2 N–H and O–H groups in total. The molecule has 3 aromatic rings. The molecule has 0 radical (unpaired) electrons. The van der Waals surface area contributed by atoms with Gasteiger partial charge in [0, 0.05) is 24.5 Å². The van der Waals surface area contributed by atoms with Crippen molar-refractivity contribution in [1.82, 2.24) is 4.90 Å². The zero-order valence-corrected chi connectivity index (χ0v) is 20.6. The highest BCUT2D eigenvalue weighted by Crippen LogP contribution is 2.33. The summed E-state index contributed by atoms with van der Waals surface area (Å²) in [6, 6.07) is 19.0. The third-order valence-corrected chi connectivity index (χ3v) is 7.40. The number of hydrogen-bond donors (Lipinski definition) is 2. The predicted octanol–water partition coefficient (Wildman–Crippen LogP) is 5.01. The van der Waals surface area contributed by atoms with E-state index in [1.807, 2.05) is 43.3 Å². The zero-order valence-electron chi connectivity index (χ0n) is 19.8. The Balaban J connectivity index is 1.55. The Hall–Kier alpha value is -3.91. The summed E-state index contributed by atoms with van der Waals surface area (Å²) in [6.45, 7) is 5.04. The van der Waals surface area contributed by atoms with E-state index in [0.717, 1.165) is 16.7 Å². The molecule has 2 amide bonds. The zero-order chi connectivity index (χ0) is 25.2. The molecule has 1 heterocycles. The van der Waals surface area contributed by atoms with E-state index < -0.39 is 16.1 Å². The van der Waals surface area contributed by atoms with Gasteiger partial charge < -0.3 is 10.2 Å². The summed E-state index contributed by atoms with van der Waals surface area (Å²) in [5, 5.41) is 2.80. The fraction of sp³-hybridized carbons (Fsp3) is 0.185. The molecular formula is C27H27N3O4S. The average Bonchev–Trinajstić information content (AvgIpc) is 2.80. The number of fused-ring (bicyclic) bond motifs is 1. The second kappa shape index (κ2) is 9.76. The summed E-state index contributed by atoms with van der Waals surface area (Å²) < 4.78 is 28.7. The second-order valence-electron chi connectivity index (χ2n) is 8.59. The number of amides is 2. The predicted molar refractivity (Wildman–Crippen MR) is 137 cm³/mol. The summed E-state index contributed by atoms with van der Waals surface area (Å²) >= 11 is 0. The van der Waals surface area contributed by atoms with Crippen LogP contribution in [-0.2, 0) is 19.6 Å². The normalized spacial score (nSPS) is 14.8. The molecule has 1 aliphatic rings. The van der Waals surface area contributed by atoms with Crippen molar-refractivity contribution < 1.29 is 18.0 Å². The smallest absolute Gasteiger partial charge is 0.262 e. The second-order valence-corrected chi connectivity index (χ2v) is 10.2. The molecule has 0 fully saturated rings. The van der Waals surface area contributed by atoms with Crippen molar-refractivity contribution in [1.29, 1.82) is 0 Å². The SMILES string of the molecule is CC(=O)N1C=Cc2ccccc2C1CC(=O)Nc1ccc(C)c(S(=O)(=O)Nc2cccc(C)c2)c1. The molecule has 35 heavy (non-hydrogen) atoms. The molecular weight excluding hydrogens is 462 g/mol. The Bertz CT molecular complexity index is 1430. The average molecular weight is 490 g/mol. The van der Waals surface area contributed by atoms with Gasteiger partial charge in [0.2, 0.25) is 11.8 Å². The fourth-order valence-corrected chi connectivity index (χ4v) is 5.51. The van der Waals surface area contributed by atoms with Gasteiger partial charge in [0.15, 0.2) is 0 Å². The van der Waals surface area contributed by atoms with Crippen LogP contribution in [-0.4, -0.2) is 25.1 Å². The molecule has 0 bridgehead atoms. The number of anilines is 2. The Morgan fingerprint density at radius 2 is 1.71 bits per heavy atom. The van der Waals surface area contributed by atoms with Crippen LogP contribution in [0.1, 0.15) is 41.6 Å². The minimum Gasteiger partial charge on any atom is -0.326 e. The largest absolute Gasteiger partial charge is 0.326 e. The molecule has 0 saturated carbocycles. The van der Waals surface area contributed by atoms with Gasteiger partial charge in [0.1, 0.15) is 0 Å². The number of hydrogen-bond acceptors (Lipinski definition) is 4. The van der Waals surface area contributed by atoms with Gasteiger partial charge in [0.05, 0.1) is 17.4 Å². The van der Waals surface area contributed by atoms with Gasteiger partial charge in [-0.05, 0) is 66.4 Å². The topological polar surface area (TPSA) is 95.6 Å². The van der Waals surface area contributed by atoms with Crippen molar-refractivity contribution in [3.8, 4) is 0 Å². The first kappa shape index (κ1) is 24.2. The van der Waals surface area contributed by atoms with Crippen molar-refractivity contribution in [2.75, 3.05) is 10.0 Å². The van der Waals surface area contributed by atoms with E-state index in [2.05, 4.69) is 10.0 Å². The first-order valence-corrected chi connectivity index (χ1v) is 12.7. The highest BCUT2D eigenvalue weighted by molar-refractivity contribution is 7.92. The van der Waals surface area contributed by atoms with Gasteiger partial charge >= 0.3 is 0 Å². The first-order valence-electron chi connectivity index (χ1n) is 11.2. The number of sulfonamides is 1. The molecule has 0 saturated heterocycles. The lowest BCUT2D eigenvalue weighted by Gasteiger charge is -2.32. The van der Waals surface area contributed by atoms with Crippen LogP contribution < -0.4 is 10.0 Å². The van der Waals surface area contributed by atoms with E-state index in [1.54, 1.807) is 48.4 Å². The van der Waals surface area contributed by atoms with E-state index in [0.29, 0.717) is 16.9 Å². The van der Waals surface area contributed by atoms with Gasteiger partial charge in [-0.2, -0.15) is 0 Å². The lowest BCUT2D eigenvalue weighted by molar-refractivity contribution is -0.129. The van der Waals surface area contributed by atoms with Gasteiger partial charge in [-0.1, -0.05) is 42.5 Å². The van der Waals surface area contributed by atoms with Crippen molar-refractivity contribution in [2.45, 2.75) is 38.1 Å². The number of nitrogens with one attached hydrogen (secondary N) is 2. The van der Waals surface area contributed by atoms with Crippen LogP contribution in [0.2, 0.25) is 0 Å². The summed E-state index contributed by atoms with van der Waals surface area (Å²) in [5.41, 5.74) is 4.15. The number of rotatable bonds is 6. The molecule has 0 aliphatic carbocycles. The number of nitrogens with zero attached hydrogens (tertiary/aromatic N) is 1. The van der Waals surface area contributed by atoms with E-state index in [4.69, 9.17) is 0 Å². The van der Waals surface area contributed by atoms with Crippen LogP contribution in [0.15, 0.2) is 77.8 Å². The van der Waals surface area contributed by atoms with E-state index in [1.165, 1.54) is 13.0 Å². The van der Waals surface area contributed by atoms with Crippen LogP contribution in [0, 0.1) is 13.8 Å². The molecule has 0 aromatic heterocycles. The Morgan fingerprint density at radius 1 is 0.943 bits per heavy atom. The minimum atomic E-state index is -3.87. The van der Waals surface area contributed by atoms with Crippen LogP contribution in [0.5, 0.6) is 0 Å². The minimum absolute atomic E-state index is 0.0262. The molecule has 0 spiro atoms. The molecule has 1 atom stereocenters. The highest BCUT2D eigenvalue weighted by Gasteiger charge is 2.28.